The molecule has 0 spiro atoms. The first-order valence-corrected chi connectivity index (χ1v) is 8.77. The lowest BCUT2D eigenvalue weighted by molar-refractivity contribution is -0.143. The second kappa shape index (κ2) is 9.20. The normalized spacial score (nSPS) is 19.9. The van der Waals surface area contributed by atoms with Gasteiger partial charge in [-0.2, -0.15) is 0 Å². The van der Waals surface area contributed by atoms with Crippen molar-refractivity contribution in [3.63, 3.8) is 0 Å². The van der Waals surface area contributed by atoms with Crippen LogP contribution in [0.4, 0.5) is 0 Å². The molecule has 0 saturated heterocycles. The molecule has 2 N–H and O–H groups in total. The van der Waals surface area contributed by atoms with Crippen LogP contribution in [0.1, 0.15) is 38.2 Å². The van der Waals surface area contributed by atoms with Gasteiger partial charge < -0.3 is 15.3 Å². The number of hydrogen-bond acceptors (Lipinski definition) is 3. The Balaban J connectivity index is 1.78. The molecule has 6 nitrogen and oxygen atoms in total. The molecule has 25 heavy (non-hydrogen) atoms. The number of hydrogen-bond donors (Lipinski definition) is 2. The maximum absolute atomic E-state index is 12.2. The van der Waals surface area contributed by atoms with Gasteiger partial charge >= 0.3 is 5.97 Å². The minimum absolute atomic E-state index is 0.00558. The molecule has 2 amide bonds. The van der Waals surface area contributed by atoms with Gasteiger partial charge in [0.05, 0.1) is 12.5 Å². The van der Waals surface area contributed by atoms with Gasteiger partial charge in [-0.15, -0.1) is 0 Å². The van der Waals surface area contributed by atoms with Crippen LogP contribution >= 0.6 is 0 Å². The molecule has 0 radical (unpaired) electrons. The Morgan fingerprint density at radius 1 is 1.12 bits per heavy atom. The minimum atomic E-state index is -0.756. The largest absolute Gasteiger partial charge is 0.481 e. The van der Waals surface area contributed by atoms with Gasteiger partial charge in [0.2, 0.25) is 11.8 Å². The van der Waals surface area contributed by atoms with E-state index in [-0.39, 0.29) is 30.3 Å². The number of nitrogens with one attached hydrogen (secondary N) is 1. The van der Waals surface area contributed by atoms with Crippen molar-refractivity contribution in [2.45, 2.75) is 45.1 Å². The molecule has 1 aliphatic rings. The van der Waals surface area contributed by atoms with E-state index in [1.54, 1.807) is 4.90 Å². The molecule has 1 aliphatic carbocycles. The highest BCUT2D eigenvalue weighted by Crippen LogP contribution is 2.24. The number of carboxylic acid groups (broad SMARTS) is 1. The fourth-order valence-electron chi connectivity index (χ4n) is 3.19. The highest BCUT2D eigenvalue weighted by Gasteiger charge is 2.27. The van der Waals surface area contributed by atoms with Crippen molar-refractivity contribution in [1.82, 2.24) is 10.2 Å². The Hall–Kier alpha value is -2.37. The quantitative estimate of drug-likeness (QED) is 0.789. The molecule has 0 aliphatic heterocycles. The van der Waals surface area contributed by atoms with Gasteiger partial charge in [-0.25, -0.2) is 0 Å². The summed E-state index contributed by atoms with van der Waals surface area (Å²) in [7, 11) is 0. The predicted octanol–water partition coefficient (Wildman–Crippen LogP) is 1.84. The minimum Gasteiger partial charge on any atom is -0.481 e. The zero-order valence-electron chi connectivity index (χ0n) is 14.6. The number of amides is 2. The van der Waals surface area contributed by atoms with Crippen molar-refractivity contribution in [3.05, 3.63) is 35.9 Å². The van der Waals surface area contributed by atoms with Crippen LogP contribution in [-0.4, -0.2) is 46.9 Å². The first-order chi connectivity index (χ1) is 12.0. The van der Waals surface area contributed by atoms with E-state index in [1.165, 1.54) is 6.92 Å². The highest BCUT2D eigenvalue weighted by molar-refractivity contribution is 5.84. The molecule has 0 unspecified atom stereocenters. The molecule has 2 rings (SSSR count). The molecule has 0 bridgehead atoms. The average Bonchev–Trinajstić information content (AvgIpc) is 2.59. The summed E-state index contributed by atoms with van der Waals surface area (Å²) < 4.78 is 0. The summed E-state index contributed by atoms with van der Waals surface area (Å²) in [6, 6.07) is 9.85. The third kappa shape index (κ3) is 6.21. The van der Waals surface area contributed by atoms with Gasteiger partial charge in [-0.3, -0.25) is 14.4 Å². The summed E-state index contributed by atoms with van der Waals surface area (Å²) in [5.74, 6) is -1.36. The number of aliphatic carboxylic acids is 1. The highest BCUT2D eigenvalue weighted by atomic mass is 16.4. The second-order valence-electron chi connectivity index (χ2n) is 6.63. The molecule has 1 aromatic carbocycles. The van der Waals surface area contributed by atoms with E-state index in [4.69, 9.17) is 5.11 Å². The van der Waals surface area contributed by atoms with Crippen LogP contribution in [0.3, 0.4) is 0 Å². The van der Waals surface area contributed by atoms with Gasteiger partial charge in [0.1, 0.15) is 0 Å². The van der Waals surface area contributed by atoms with Crippen molar-refractivity contribution in [2.24, 2.45) is 5.92 Å². The summed E-state index contributed by atoms with van der Waals surface area (Å²) in [5, 5.41) is 11.9. The number of carbonyl (C=O) groups excluding carboxylic acids is 2. The van der Waals surface area contributed by atoms with Crippen LogP contribution in [0.25, 0.3) is 0 Å². The van der Waals surface area contributed by atoms with E-state index >= 15 is 0 Å². The second-order valence-corrected chi connectivity index (χ2v) is 6.63. The zero-order valence-corrected chi connectivity index (χ0v) is 14.6. The van der Waals surface area contributed by atoms with Crippen molar-refractivity contribution < 1.29 is 19.5 Å². The number of benzene rings is 1. The summed E-state index contributed by atoms with van der Waals surface area (Å²) in [5.41, 5.74) is 1.13. The standard InChI is InChI=1S/C19H26N2O4/c1-14(22)21(12-11-15-5-3-2-4-6-15)13-18(23)20-17-9-7-16(8-10-17)19(24)25/h2-6,16-17H,7-13H2,1H3,(H,20,23)(H,24,25). The van der Waals surface area contributed by atoms with E-state index in [0.717, 1.165) is 5.56 Å². The molecular weight excluding hydrogens is 320 g/mol. The summed E-state index contributed by atoms with van der Waals surface area (Å²) in [6.07, 6.45) is 3.23. The van der Waals surface area contributed by atoms with Crippen molar-refractivity contribution in [3.8, 4) is 0 Å². The van der Waals surface area contributed by atoms with E-state index in [1.807, 2.05) is 30.3 Å². The maximum Gasteiger partial charge on any atom is 0.306 e. The molecule has 0 heterocycles. The van der Waals surface area contributed by atoms with E-state index < -0.39 is 5.97 Å². The van der Waals surface area contributed by atoms with Gasteiger partial charge in [-0.05, 0) is 37.7 Å². The Kier molecular flexibility index (Phi) is 6.98. The number of carboxylic acids is 1. The topological polar surface area (TPSA) is 86.7 Å². The Labute approximate surface area is 148 Å². The number of nitrogens with zero attached hydrogens (tertiary/aromatic N) is 1. The van der Waals surface area contributed by atoms with Crippen molar-refractivity contribution >= 4 is 17.8 Å². The van der Waals surface area contributed by atoms with Gasteiger partial charge in [0, 0.05) is 19.5 Å². The molecule has 1 aromatic rings. The van der Waals surface area contributed by atoms with Gasteiger partial charge in [0.15, 0.2) is 0 Å². The lowest BCUT2D eigenvalue weighted by Crippen LogP contribution is -2.45. The Bertz CT molecular complexity index is 595. The molecule has 136 valence electrons. The average molecular weight is 346 g/mol. The molecule has 6 heteroatoms. The SMILES string of the molecule is CC(=O)N(CCc1ccccc1)CC(=O)NC1CCC(C(=O)O)CC1. The predicted molar refractivity (Wildman–Crippen MR) is 93.9 cm³/mol. The van der Waals surface area contributed by atoms with Crippen LogP contribution in [0.5, 0.6) is 0 Å². The van der Waals surface area contributed by atoms with Gasteiger partial charge in [-0.1, -0.05) is 30.3 Å². The van der Waals surface area contributed by atoms with Gasteiger partial charge in [0.25, 0.3) is 0 Å². The number of carbonyl (C=O) groups is 3. The Morgan fingerprint density at radius 2 is 1.76 bits per heavy atom. The van der Waals surface area contributed by atoms with Crippen LogP contribution in [0.2, 0.25) is 0 Å². The fourth-order valence-corrected chi connectivity index (χ4v) is 3.19. The fraction of sp³-hybridized carbons (Fsp3) is 0.526. The molecule has 0 atom stereocenters. The lowest BCUT2D eigenvalue weighted by Gasteiger charge is -2.28. The van der Waals surface area contributed by atoms with Crippen molar-refractivity contribution in [2.75, 3.05) is 13.1 Å². The number of rotatable bonds is 7. The van der Waals surface area contributed by atoms with E-state index in [9.17, 15) is 14.4 Å². The molecule has 0 aromatic heterocycles. The third-order valence-electron chi connectivity index (χ3n) is 4.73. The Morgan fingerprint density at radius 3 is 2.32 bits per heavy atom. The molecule has 1 fully saturated rings. The summed E-state index contributed by atoms with van der Waals surface area (Å²) in [4.78, 5) is 36.5. The first kappa shape index (κ1) is 19.0. The lowest BCUT2D eigenvalue weighted by atomic mass is 9.86. The smallest absolute Gasteiger partial charge is 0.306 e. The van der Waals surface area contributed by atoms with Crippen LogP contribution < -0.4 is 5.32 Å². The zero-order chi connectivity index (χ0) is 18.2. The van der Waals surface area contributed by atoms with Crippen LogP contribution in [0, 0.1) is 5.92 Å². The van der Waals surface area contributed by atoms with E-state index in [0.29, 0.717) is 38.6 Å². The third-order valence-corrected chi connectivity index (χ3v) is 4.73. The first-order valence-electron chi connectivity index (χ1n) is 8.77. The van der Waals surface area contributed by atoms with Crippen molar-refractivity contribution in [1.29, 1.82) is 0 Å². The maximum atomic E-state index is 12.2. The van der Waals surface area contributed by atoms with Crippen LogP contribution in [0.15, 0.2) is 30.3 Å². The molecule has 1 saturated carbocycles. The molecular formula is C19H26N2O4. The summed E-state index contributed by atoms with van der Waals surface area (Å²) >= 11 is 0. The van der Waals surface area contributed by atoms with E-state index in [2.05, 4.69) is 5.32 Å². The van der Waals surface area contributed by atoms with Crippen LogP contribution in [-0.2, 0) is 20.8 Å². The monoisotopic (exact) mass is 346 g/mol. The summed E-state index contributed by atoms with van der Waals surface area (Å²) in [6.45, 7) is 2.01.